The van der Waals surface area contributed by atoms with E-state index in [1.165, 1.54) is 11.1 Å². The van der Waals surface area contributed by atoms with Gasteiger partial charge < -0.3 is 4.98 Å². The highest BCUT2D eigenvalue weighted by Gasteiger charge is 1.97. The van der Waals surface area contributed by atoms with E-state index in [0.29, 0.717) is 0 Å². The van der Waals surface area contributed by atoms with Crippen LogP contribution in [0.3, 0.4) is 0 Å². The Morgan fingerprint density at radius 1 is 1.35 bits per heavy atom. The minimum absolute atomic E-state index is 1.03. The number of nitrogens with zero attached hydrogens (tertiary/aromatic N) is 1. The van der Waals surface area contributed by atoms with Crippen LogP contribution in [-0.2, 0) is 6.42 Å². The number of imidazole rings is 1. The van der Waals surface area contributed by atoms with E-state index in [4.69, 9.17) is 0 Å². The molecule has 0 atom stereocenters. The Bertz CT molecular complexity index is 393. The van der Waals surface area contributed by atoms with Crippen molar-refractivity contribution in [2.75, 3.05) is 0 Å². The highest BCUT2D eigenvalue weighted by atomic mass is 14.9. The van der Waals surface area contributed by atoms with E-state index in [9.17, 15) is 0 Å². The molecule has 0 unspecified atom stereocenters. The van der Waals surface area contributed by atoms with E-state index in [0.717, 1.165) is 37.2 Å². The van der Waals surface area contributed by atoms with Gasteiger partial charge in [-0.3, -0.25) is 0 Å². The van der Waals surface area contributed by atoms with Crippen LogP contribution in [0.1, 0.15) is 58.5 Å². The van der Waals surface area contributed by atoms with Crippen LogP contribution in [0.5, 0.6) is 0 Å². The zero-order valence-corrected chi connectivity index (χ0v) is 11.5. The summed E-state index contributed by atoms with van der Waals surface area (Å²) in [5, 5.41) is 0. The van der Waals surface area contributed by atoms with Gasteiger partial charge in [-0.25, -0.2) is 4.98 Å². The first kappa shape index (κ1) is 13.8. The van der Waals surface area contributed by atoms with Crippen molar-refractivity contribution in [3.8, 4) is 0 Å². The quantitative estimate of drug-likeness (QED) is 0.718. The summed E-state index contributed by atoms with van der Waals surface area (Å²) in [6.07, 6.45) is 10.8. The third-order valence-corrected chi connectivity index (χ3v) is 2.63. The zero-order chi connectivity index (χ0) is 12.7. The second kappa shape index (κ2) is 7.10. The second-order valence-corrected chi connectivity index (χ2v) is 4.85. The molecule has 17 heavy (non-hydrogen) atoms. The third kappa shape index (κ3) is 5.53. The molecule has 0 radical (unpaired) electrons. The van der Waals surface area contributed by atoms with Gasteiger partial charge in [-0.15, -0.1) is 0 Å². The summed E-state index contributed by atoms with van der Waals surface area (Å²) in [6.45, 7) is 8.64. The van der Waals surface area contributed by atoms with Crippen molar-refractivity contribution in [2.24, 2.45) is 0 Å². The van der Waals surface area contributed by atoms with E-state index in [-0.39, 0.29) is 0 Å². The molecule has 0 spiro atoms. The lowest BCUT2D eigenvalue weighted by Gasteiger charge is -1.98. The number of allylic oxidation sites excluding steroid dienone is 3. The Balaban J connectivity index is 2.51. The monoisotopic (exact) mass is 232 g/mol. The van der Waals surface area contributed by atoms with Gasteiger partial charge in [-0.2, -0.15) is 0 Å². The second-order valence-electron chi connectivity index (χ2n) is 4.85. The largest absolute Gasteiger partial charge is 0.343 e. The van der Waals surface area contributed by atoms with Crippen LogP contribution in [0, 0.1) is 0 Å². The number of rotatable bonds is 6. The number of hydrogen-bond acceptors (Lipinski definition) is 1. The average Bonchev–Trinajstić information content (AvgIpc) is 2.65. The Morgan fingerprint density at radius 3 is 2.76 bits per heavy atom. The predicted octanol–water partition coefficient (Wildman–Crippen LogP) is 4.51. The standard InChI is InChI=1S/C15H24N2/c1-5-7-15-16-11-14(17-15)10-13(4)9-6-8-12(2)3/h8,10-11H,5-7,9H2,1-4H3,(H,16,17). The minimum atomic E-state index is 1.03. The molecule has 0 amide bonds. The molecule has 2 nitrogen and oxygen atoms in total. The molecule has 0 saturated heterocycles. The molecule has 1 N–H and O–H groups in total. The van der Waals surface area contributed by atoms with Crippen molar-refractivity contribution in [2.45, 2.75) is 53.4 Å². The predicted molar refractivity (Wildman–Crippen MR) is 74.9 cm³/mol. The van der Waals surface area contributed by atoms with Gasteiger partial charge in [0, 0.05) is 6.42 Å². The fourth-order valence-electron chi connectivity index (χ4n) is 1.74. The molecule has 2 heteroatoms. The molecule has 0 fully saturated rings. The maximum absolute atomic E-state index is 4.36. The molecule has 1 heterocycles. The maximum atomic E-state index is 4.36. The summed E-state index contributed by atoms with van der Waals surface area (Å²) in [6, 6.07) is 0. The average molecular weight is 232 g/mol. The molecule has 1 rings (SSSR count). The topological polar surface area (TPSA) is 28.7 Å². The molecule has 0 bridgehead atoms. The lowest BCUT2D eigenvalue weighted by atomic mass is 10.1. The summed E-state index contributed by atoms with van der Waals surface area (Å²) in [7, 11) is 0. The van der Waals surface area contributed by atoms with E-state index in [1.807, 2.05) is 6.20 Å². The molecular formula is C15H24N2. The van der Waals surface area contributed by atoms with E-state index in [1.54, 1.807) is 0 Å². The van der Waals surface area contributed by atoms with Crippen LogP contribution >= 0.6 is 0 Å². The van der Waals surface area contributed by atoms with Crippen LogP contribution in [0.2, 0.25) is 0 Å². The van der Waals surface area contributed by atoms with Crippen molar-refractivity contribution in [3.05, 3.63) is 34.9 Å². The number of aryl methyl sites for hydroxylation is 1. The maximum Gasteiger partial charge on any atom is 0.106 e. The molecule has 0 saturated carbocycles. The van der Waals surface area contributed by atoms with Gasteiger partial charge in [0.05, 0.1) is 11.9 Å². The Hall–Kier alpha value is -1.31. The molecule has 1 aromatic heterocycles. The van der Waals surface area contributed by atoms with Crippen molar-refractivity contribution >= 4 is 6.08 Å². The Kier molecular flexibility index (Phi) is 5.75. The van der Waals surface area contributed by atoms with Gasteiger partial charge in [-0.05, 0) is 46.1 Å². The van der Waals surface area contributed by atoms with Crippen molar-refractivity contribution < 1.29 is 0 Å². The van der Waals surface area contributed by atoms with Crippen LogP contribution in [-0.4, -0.2) is 9.97 Å². The van der Waals surface area contributed by atoms with Gasteiger partial charge in [0.15, 0.2) is 0 Å². The van der Waals surface area contributed by atoms with Crippen LogP contribution < -0.4 is 0 Å². The van der Waals surface area contributed by atoms with Gasteiger partial charge in [0.2, 0.25) is 0 Å². The van der Waals surface area contributed by atoms with Gasteiger partial charge in [0.25, 0.3) is 0 Å². The summed E-state index contributed by atoms with van der Waals surface area (Å²) in [5.74, 6) is 1.09. The number of nitrogens with one attached hydrogen (secondary N) is 1. The molecule has 0 aliphatic rings. The summed E-state index contributed by atoms with van der Waals surface area (Å²) < 4.78 is 0. The summed E-state index contributed by atoms with van der Waals surface area (Å²) in [5.41, 5.74) is 3.92. The molecule has 0 aliphatic carbocycles. The Morgan fingerprint density at radius 2 is 2.12 bits per heavy atom. The van der Waals surface area contributed by atoms with Crippen LogP contribution in [0.25, 0.3) is 6.08 Å². The third-order valence-electron chi connectivity index (χ3n) is 2.63. The number of aromatic nitrogens is 2. The normalized spacial score (nSPS) is 11.6. The van der Waals surface area contributed by atoms with Crippen LogP contribution in [0.4, 0.5) is 0 Å². The first-order valence-electron chi connectivity index (χ1n) is 6.46. The number of aromatic amines is 1. The first-order valence-corrected chi connectivity index (χ1v) is 6.46. The highest BCUT2D eigenvalue weighted by molar-refractivity contribution is 5.47. The van der Waals surface area contributed by atoms with Gasteiger partial charge >= 0.3 is 0 Å². The smallest absolute Gasteiger partial charge is 0.106 e. The van der Waals surface area contributed by atoms with E-state index >= 15 is 0 Å². The number of H-pyrrole nitrogens is 1. The molecule has 1 aromatic rings. The fourth-order valence-corrected chi connectivity index (χ4v) is 1.74. The van der Waals surface area contributed by atoms with E-state index in [2.05, 4.69) is 49.8 Å². The Labute approximate surface area is 105 Å². The number of hydrogen-bond donors (Lipinski definition) is 1. The summed E-state index contributed by atoms with van der Waals surface area (Å²) in [4.78, 5) is 7.70. The lowest BCUT2D eigenvalue weighted by molar-refractivity contribution is 0.856. The van der Waals surface area contributed by atoms with E-state index < -0.39 is 0 Å². The zero-order valence-electron chi connectivity index (χ0n) is 11.5. The van der Waals surface area contributed by atoms with Crippen molar-refractivity contribution in [3.63, 3.8) is 0 Å². The fraction of sp³-hybridized carbons (Fsp3) is 0.533. The van der Waals surface area contributed by atoms with Gasteiger partial charge in [0.1, 0.15) is 5.82 Å². The SMILES string of the molecule is CCCc1ncc(C=C(C)CCC=C(C)C)[nH]1. The first-order chi connectivity index (χ1) is 8.11. The molecule has 0 aliphatic heterocycles. The minimum Gasteiger partial charge on any atom is -0.343 e. The van der Waals surface area contributed by atoms with Crippen molar-refractivity contribution in [1.29, 1.82) is 0 Å². The summed E-state index contributed by atoms with van der Waals surface area (Å²) >= 11 is 0. The molecule has 94 valence electrons. The van der Waals surface area contributed by atoms with Crippen LogP contribution in [0.15, 0.2) is 23.4 Å². The van der Waals surface area contributed by atoms with Crippen molar-refractivity contribution in [1.82, 2.24) is 9.97 Å². The molecule has 0 aromatic carbocycles. The lowest BCUT2D eigenvalue weighted by Crippen LogP contribution is -1.85. The molecular weight excluding hydrogens is 208 g/mol. The highest BCUT2D eigenvalue weighted by Crippen LogP contribution is 2.11. The van der Waals surface area contributed by atoms with Gasteiger partial charge in [-0.1, -0.05) is 24.1 Å².